The summed E-state index contributed by atoms with van der Waals surface area (Å²) in [7, 11) is 6.63. The predicted molar refractivity (Wildman–Crippen MR) is 426 cm³/mol. The first-order chi connectivity index (χ1) is 55.0. The second-order valence-corrected chi connectivity index (χ2v) is 27.0. The van der Waals surface area contributed by atoms with Crippen LogP contribution in [0.25, 0.3) is 9.69 Å². The molecule has 0 bridgehead atoms. The van der Waals surface area contributed by atoms with Crippen molar-refractivity contribution < 1.29 is 125 Å². The number of esters is 2. The van der Waals surface area contributed by atoms with Crippen molar-refractivity contribution in [3.05, 3.63) is 295 Å². The number of hydrogen-bond donors (Lipinski definition) is 3. The molecule has 0 saturated carbocycles. The fourth-order valence-electron chi connectivity index (χ4n) is 10.8. The van der Waals surface area contributed by atoms with E-state index < -0.39 is 70.7 Å². The van der Waals surface area contributed by atoms with Crippen molar-refractivity contribution in [1.82, 2.24) is 20.4 Å². The normalized spacial score (nSPS) is 11.5. The maximum Gasteiger partial charge on any atom is 1.00 e. The number of nitrogens with one attached hydrogen (secondary N) is 2. The Hall–Kier alpha value is -12.1. The SMILES string of the molecule is C1CCOC1.CC(C)Oc1ccc(C(=O)Oc2c(F)c(F)c(F)c(F)c2F)cc1C#N.[B].[C-]#[N+]c1cc(C(=O)N[C@@H](Cc2ccc(OCc3ccccc3)c(C(=O)N(C)C)c2)C(=O)OCc2ccccc2)ccc1OC(C)C.[C-]#[N+]c1cc(C(=O)N[C@H](CO)Cc2ccc(OCc3ccccc3)c(C(=O)N(C)C)c2)ccc1OC(C)C.[H-].[Na+]. The van der Waals surface area contributed by atoms with Crippen LogP contribution in [0.2, 0.25) is 0 Å². The number of carbonyl (C=O) groups excluding carboxylic acids is 6. The van der Waals surface area contributed by atoms with Gasteiger partial charge in [0.2, 0.25) is 52.1 Å². The van der Waals surface area contributed by atoms with E-state index in [0.717, 1.165) is 47.6 Å². The number of hydrogen-bond acceptors (Lipinski definition) is 16. The summed E-state index contributed by atoms with van der Waals surface area (Å²) >= 11 is 0. The molecule has 1 heterocycles. The van der Waals surface area contributed by atoms with E-state index in [1.54, 1.807) is 103 Å². The van der Waals surface area contributed by atoms with Gasteiger partial charge < -0.3 is 64.9 Å². The third-order valence-corrected chi connectivity index (χ3v) is 16.4. The second kappa shape index (κ2) is 47.7. The standard InChI is InChI=1S/C37H37N3O6.C30H33N3O5.C17H10F5NO3.C4H8O.B.Na.H/c1-25(2)46-34-19-17-29(22-31(34)38-3)35(41)39-32(37(43)45-24-27-14-10-7-11-15-27)21-28-16-18-33(30(20-28)36(42)40(4)5)44-23-26-12-8-6-9-13-26;1-20(2)38-28-14-12-23(17-26(28)31-3)29(35)32-24(18-34)15-22-11-13-27(25(16-22)30(36)33(4)5)37-19-21-9-7-6-8-10-21;1-7(2)25-10-4-3-8(5-9(10)6-23)17(24)26-16-14(21)12(19)11(18)13(20)15(16)22;1-2-4-5-3-1;;;/h6-20,22,25,32H,21,23-24H2,1-2,4-5H3,(H,39,41);6-14,16-17,20,24,34H,15,18-19H2,1-2,4-5H3,(H,32,35);3-5,7H,1-2H3;1-4H2;;;/q;;;;;+1;-1/t32-;24-;;;;;/m00...../s1. The summed E-state index contributed by atoms with van der Waals surface area (Å²) in [6.07, 6.45) is 2.36. The van der Waals surface area contributed by atoms with Crippen LogP contribution in [0.3, 0.4) is 0 Å². The number of halogens is 5. The minimum absolute atomic E-state index is 0. The molecule has 0 unspecified atom stereocenters. The van der Waals surface area contributed by atoms with E-state index in [-0.39, 0.29) is 130 Å². The summed E-state index contributed by atoms with van der Waals surface area (Å²) in [4.78, 5) is 87.7. The summed E-state index contributed by atoms with van der Waals surface area (Å²) in [5.41, 5.74) is 5.29. The number of nitrogens with zero attached hydrogens (tertiary/aromatic N) is 5. The number of nitriles is 1. The molecule has 1 aliphatic rings. The van der Waals surface area contributed by atoms with Gasteiger partial charge in [0.15, 0.2) is 0 Å². The second-order valence-electron chi connectivity index (χ2n) is 27.0. The van der Waals surface area contributed by atoms with Crippen LogP contribution in [0.4, 0.5) is 33.3 Å². The molecule has 9 aromatic rings. The monoisotopic (exact) mass is 1610 g/mol. The first-order valence-electron chi connectivity index (χ1n) is 36.4. The molecule has 1 aliphatic heterocycles. The molecule has 0 aromatic heterocycles. The van der Waals surface area contributed by atoms with E-state index >= 15 is 0 Å². The minimum atomic E-state index is -2.37. The molecule has 29 heteroatoms. The molecule has 0 spiro atoms. The smallest absolute Gasteiger partial charge is 1.00 e. The molecule has 4 amide bonds. The van der Waals surface area contributed by atoms with Gasteiger partial charge in [-0.25, -0.2) is 32.5 Å². The Balaban J connectivity index is 0.000000367. The molecule has 0 aliphatic carbocycles. The van der Waals surface area contributed by atoms with Gasteiger partial charge in [-0.3, -0.25) is 19.2 Å². The third kappa shape index (κ3) is 29.0. The zero-order chi connectivity index (χ0) is 83.8. The van der Waals surface area contributed by atoms with Gasteiger partial charge in [0.1, 0.15) is 60.7 Å². The number of carbonyl (C=O) groups is 6. The van der Waals surface area contributed by atoms with Gasteiger partial charge in [-0.1, -0.05) is 103 Å². The fraction of sp³-hybridized carbons (Fsp3) is 0.284. The van der Waals surface area contributed by atoms with E-state index in [1.165, 1.54) is 40.8 Å². The van der Waals surface area contributed by atoms with Crippen molar-refractivity contribution >= 4 is 55.4 Å². The van der Waals surface area contributed by atoms with Crippen LogP contribution in [-0.4, -0.2) is 137 Å². The van der Waals surface area contributed by atoms with Gasteiger partial charge in [-0.15, -0.1) is 0 Å². The van der Waals surface area contributed by atoms with Crippen molar-refractivity contribution in [2.45, 2.75) is 117 Å². The molecule has 3 radical (unpaired) electrons. The number of aliphatic hydroxyl groups excluding tert-OH is 1. The van der Waals surface area contributed by atoms with E-state index in [1.807, 2.05) is 125 Å². The minimum Gasteiger partial charge on any atom is -1.00 e. The van der Waals surface area contributed by atoms with Gasteiger partial charge in [-0.2, -0.15) is 14.0 Å². The Labute approximate surface area is 702 Å². The fourth-order valence-corrected chi connectivity index (χ4v) is 10.8. The Bertz CT molecular complexity index is 4960. The van der Waals surface area contributed by atoms with Crippen LogP contribution < -0.4 is 68.6 Å². The van der Waals surface area contributed by atoms with E-state index in [0.29, 0.717) is 58.3 Å². The van der Waals surface area contributed by atoms with Gasteiger partial charge in [0.05, 0.1) is 66.4 Å². The number of benzene rings is 9. The molecular weight excluding hydrogens is 1520 g/mol. The van der Waals surface area contributed by atoms with Crippen LogP contribution >= 0.6 is 0 Å². The van der Waals surface area contributed by atoms with Crippen LogP contribution in [0, 0.1) is 53.6 Å². The molecule has 22 nitrogen and oxygen atoms in total. The molecule has 605 valence electrons. The molecular formula is C88H89BF5N7NaO15. The molecule has 10 rings (SSSR count). The average Bonchev–Trinajstić information content (AvgIpc) is 0.844. The summed E-state index contributed by atoms with van der Waals surface area (Å²) in [5.74, 6) is -14.9. The van der Waals surface area contributed by atoms with Crippen LogP contribution in [0.5, 0.6) is 34.5 Å². The Morgan fingerprint density at radius 1 is 0.513 bits per heavy atom. The molecule has 1 saturated heterocycles. The molecule has 1 fully saturated rings. The Kier molecular flexibility index (Phi) is 38.9. The van der Waals surface area contributed by atoms with Gasteiger partial charge in [0, 0.05) is 67.4 Å². The van der Waals surface area contributed by atoms with Crippen molar-refractivity contribution in [3.63, 3.8) is 0 Å². The van der Waals surface area contributed by atoms with Crippen molar-refractivity contribution in [3.8, 4) is 40.6 Å². The summed E-state index contributed by atoms with van der Waals surface area (Å²) in [6, 6.07) is 51.5. The van der Waals surface area contributed by atoms with E-state index in [2.05, 4.69) is 25.1 Å². The van der Waals surface area contributed by atoms with Crippen molar-refractivity contribution in [2.75, 3.05) is 48.0 Å². The largest absolute Gasteiger partial charge is 1.00 e. The van der Waals surface area contributed by atoms with Crippen molar-refractivity contribution in [2.24, 2.45) is 0 Å². The first-order valence-corrected chi connectivity index (χ1v) is 36.4. The Morgan fingerprint density at radius 3 is 1.31 bits per heavy atom. The summed E-state index contributed by atoms with van der Waals surface area (Å²) in [5, 5.41) is 24.6. The number of ether oxygens (including phenoxy) is 8. The maximum absolute atomic E-state index is 13.6. The first kappa shape index (κ1) is 95.5. The van der Waals surface area contributed by atoms with Gasteiger partial charge >= 0.3 is 41.5 Å². The molecule has 3 N–H and O–H groups in total. The number of amides is 4. The summed E-state index contributed by atoms with van der Waals surface area (Å²) in [6.45, 7) is 28.1. The van der Waals surface area contributed by atoms with Gasteiger partial charge in [0.25, 0.3) is 17.7 Å². The van der Waals surface area contributed by atoms with Crippen LogP contribution in [0.1, 0.15) is 141 Å². The Morgan fingerprint density at radius 2 is 0.906 bits per heavy atom. The van der Waals surface area contributed by atoms with Crippen LogP contribution in [-0.2, 0) is 46.9 Å². The third-order valence-electron chi connectivity index (χ3n) is 16.4. The van der Waals surface area contributed by atoms with Gasteiger partial charge in [-0.05, 0) is 167 Å². The number of aliphatic hydroxyl groups is 1. The van der Waals surface area contributed by atoms with Crippen LogP contribution in [0.15, 0.2) is 182 Å². The van der Waals surface area contributed by atoms with E-state index in [9.17, 15) is 55.8 Å². The maximum atomic E-state index is 13.6. The summed E-state index contributed by atoms with van der Waals surface area (Å²) < 4.78 is 110. The zero-order valence-electron chi connectivity index (χ0n) is 67.6. The zero-order valence-corrected chi connectivity index (χ0v) is 68.6. The topological polar surface area (TPSA) is 260 Å². The predicted octanol–water partition coefficient (Wildman–Crippen LogP) is 12.8. The average molecular weight is 1610 g/mol. The molecule has 2 atom stereocenters. The van der Waals surface area contributed by atoms with Crippen molar-refractivity contribution in [1.29, 1.82) is 5.26 Å². The quantitative estimate of drug-likeness (QED) is 0.00783. The number of rotatable bonds is 28. The molecule has 117 heavy (non-hydrogen) atoms. The molecule has 9 aromatic carbocycles. The van der Waals surface area contributed by atoms with E-state index in [4.69, 9.17) is 51.6 Å².